The van der Waals surface area contributed by atoms with Crippen LogP contribution in [0.5, 0.6) is 0 Å². The molecule has 0 aromatic heterocycles. The van der Waals surface area contributed by atoms with Crippen molar-refractivity contribution < 1.29 is 13.2 Å². The number of hydrogen-bond donors (Lipinski definition) is 0. The van der Waals surface area contributed by atoms with Crippen molar-refractivity contribution in [1.29, 1.82) is 0 Å². The lowest BCUT2D eigenvalue weighted by Gasteiger charge is -2.15. The number of alkyl halides is 4. The molecule has 0 nitrogen and oxygen atoms in total. The number of rotatable bonds is 3. The molecule has 2 atom stereocenters. The zero-order chi connectivity index (χ0) is 12.3. The van der Waals surface area contributed by atoms with Crippen molar-refractivity contribution in [3.8, 4) is 0 Å². The van der Waals surface area contributed by atoms with Crippen molar-refractivity contribution in [3.63, 3.8) is 0 Å². The van der Waals surface area contributed by atoms with E-state index in [1.165, 1.54) is 12.1 Å². The maximum Gasteiger partial charge on any atom is 0.405 e. The van der Waals surface area contributed by atoms with Gasteiger partial charge in [0.15, 0.2) is 0 Å². The van der Waals surface area contributed by atoms with Crippen LogP contribution in [0.25, 0.3) is 0 Å². The SMILES string of the molecule is CCC(C)c1ccc(C(Br)C(F)(F)F)cc1. The first-order valence-electron chi connectivity index (χ1n) is 5.17. The van der Waals surface area contributed by atoms with Gasteiger partial charge in [-0.15, -0.1) is 0 Å². The summed E-state index contributed by atoms with van der Waals surface area (Å²) in [5.41, 5.74) is 1.33. The third-order valence-corrected chi connectivity index (χ3v) is 3.75. The normalized spacial score (nSPS) is 15.9. The molecule has 0 N–H and O–H groups in total. The van der Waals surface area contributed by atoms with Gasteiger partial charge in [0.25, 0.3) is 0 Å². The Kier molecular flexibility index (Phi) is 4.42. The summed E-state index contributed by atoms with van der Waals surface area (Å²) < 4.78 is 37.2. The largest absolute Gasteiger partial charge is 0.405 e. The molecule has 0 heterocycles. The first kappa shape index (κ1) is 13.6. The van der Waals surface area contributed by atoms with Crippen LogP contribution in [0.1, 0.15) is 42.1 Å². The van der Waals surface area contributed by atoms with Gasteiger partial charge in [0, 0.05) is 0 Å². The summed E-state index contributed by atoms with van der Waals surface area (Å²) in [5.74, 6) is 0.383. The molecule has 4 heteroatoms. The van der Waals surface area contributed by atoms with E-state index in [1.54, 1.807) is 12.1 Å². The Hall–Kier alpha value is -0.510. The van der Waals surface area contributed by atoms with Gasteiger partial charge in [0.1, 0.15) is 4.83 Å². The third kappa shape index (κ3) is 3.24. The minimum Gasteiger partial charge on any atom is -0.169 e. The maximum absolute atomic E-state index is 12.4. The second-order valence-corrected chi connectivity index (χ2v) is 4.80. The lowest BCUT2D eigenvalue weighted by molar-refractivity contribution is -0.128. The highest BCUT2D eigenvalue weighted by Crippen LogP contribution is 2.39. The molecule has 90 valence electrons. The number of halogens is 4. The highest BCUT2D eigenvalue weighted by Gasteiger charge is 2.38. The minimum atomic E-state index is -4.24. The van der Waals surface area contributed by atoms with Gasteiger partial charge in [-0.3, -0.25) is 0 Å². The van der Waals surface area contributed by atoms with Gasteiger partial charge < -0.3 is 0 Å². The number of hydrogen-bond acceptors (Lipinski definition) is 0. The second kappa shape index (κ2) is 5.21. The van der Waals surface area contributed by atoms with Crippen molar-refractivity contribution in [2.24, 2.45) is 0 Å². The maximum atomic E-state index is 12.4. The van der Waals surface area contributed by atoms with Gasteiger partial charge in [0.05, 0.1) is 0 Å². The van der Waals surface area contributed by atoms with Crippen LogP contribution in [0.3, 0.4) is 0 Å². The van der Waals surface area contributed by atoms with E-state index in [1.807, 2.05) is 0 Å². The van der Waals surface area contributed by atoms with Crippen LogP contribution < -0.4 is 0 Å². The quantitative estimate of drug-likeness (QED) is 0.672. The Balaban J connectivity index is 2.87. The predicted octanol–water partition coefficient (Wildman–Crippen LogP) is 5.20. The Morgan fingerprint density at radius 2 is 1.56 bits per heavy atom. The van der Waals surface area contributed by atoms with Crippen molar-refractivity contribution in [3.05, 3.63) is 35.4 Å². The van der Waals surface area contributed by atoms with Crippen LogP contribution in [-0.4, -0.2) is 6.18 Å². The molecule has 0 fully saturated rings. The molecule has 0 aliphatic carbocycles. The Labute approximate surface area is 102 Å². The molecule has 0 aliphatic heterocycles. The van der Waals surface area contributed by atoms with E-state index in [9.17, 15) is 13.2 Å². The van der Waals surface area contributed by atoms with Crippen molar-refractivity contribution >= 4 is 15.9 Å². The van der Waals surface area contributed by atoms with E-state index in [-0.39, 0.29) is 5.56 Å². The van der Waals surface area contributed by atoms with Gasteiger partial charge in [-0.2, -0.15) is 13.2 Å². The Bertz CT molecular complexity index is 329. The van der Waals surface area contributed by atoms with Crippen LogP contribution in [0.4, 0.5) is 13.2 Å². The first-order valence-corrected chi connectivity index (χ1v) is 6.08. The van der Waals surface area contributed by atoms with E-state index in [0.717, 1.165) is 12.0 Å². The molecule has 2 unspecified atom stereocenters. The zero-order valence-electron chi connectivity index (χ0n) is 9.18. The summed E-state index contributed by atoms with van der Waals surface area (Å²) in [4.78, 5) is -1.58. The Morgan fingerprint density at radius 1 is 1.12 bits per heavy atom. The summed E-state index contributed by atoms with van der Waals surface area (Å²) in [5, 5.41) is 0. The van der Waals surface area contributed by atoms with Gasteiger partial charge >= 0.3 is 6.18 Å². The first-order chi connectivity index (χ1) is 7.36. The van der Waals surface area contributed by atoms with Crippen LogP contribution in [0.2, 0.25) is 0 Å². The van der Waals surface area contributed by atoms with Crippen molar-refractivity contribution in [2.45, 2.75) is 37.2 Å². The van der Waals surface area contributed by atoms with E-state index < -0.39 is 11.0 Å². The van der Waals surface area contributed by atoms with Crippen molar-refractivity contribution in [1.82, 2.24) is 0 Å². The summed E-state index contributed by atoms with van der Waals surface area (Å²) in [7, 11) is 0. The molecular weight excluding hydrogens is 281 g/mol. The smallest absolute Gasteiger partial charge is 0.169 e. The van der Waals surface area contributed by atoms with Crippen LogP contribution in [0.15, 0.2) is 24.3 Å². The molecule has 0 amide bonds. The molecule has 16 heavy (non-hydrogen) atoms. The van der Waals surface area contributed by atoms with Gasteiger partial charge in [-0.1, -0.05) is 54.0 Å². The summed E-state index contributed by atoms with van der Waals surface area (Å²) in [6, 6.07) is 6.61. The average Bonchev–Trinajstić information content (AvgIpc) is 2.26. The summed E-state index contributed by atoms with van der Waals surface area (Å²) in [6.07, 6.45) is -3.26. The summed E-state index contributed by atoms with van der Waals surface area (Å²) >= 11 is 2.66. The van der Waals surface area contributed by atoms with Crippen molar-refractivity contribution in [2.75, 3.05) is 0 Å². The predicted molar refractivity (Wildman–Crippen MR) is 62.9 cm³/mol. The van der Waals surface area contributed by atoms with Gasteiger partial charge in [-0.05, 0) is 23.5 Å². The highest BCUT2D eigenvalue weighted by atomic mass is 79.9. The molecule has 0 saturated carbocycles. The van der Waals surface area contributed by atoms with Crippen LogP contribution in [0, 0.1) is 0 Å². The fourth-order valence-electron chi connectivity index (χ4n) is 1.42. The molecule has 0 saturated heterocycles. The second-order valence-electron chi connectivity index (χ2n) is 3.88. The molecule has 0 radical (unpaired) electrons. The average molecular weight is 295 g/mol. The molecule has 0 bridgehead atoms. The number of benzene rings is 1. The van der Waals surface area contributed by atoms with E-state index in [2.05, 4.69) is 29.8 Å². The van der Waals surface area contributed by atoms with Gasteiger partial charge in [0.2, 0.25) is 0 Å². The van der Waals surface area contributed by atoms with E-state index >= 15 is 0 Å². The van der Waals surface area contributed by atoms with Crippen LogP contribution in [-0.2, 0) is 0 Å². The standard InChI is InChI=1S/C12H14BrF3/c1-3-8(2)9-4-6-10(7-5-9)11(13)12(14,15)16/h4-8,11H,3H2,1-2H3. The third-order valence-electron chi connectivity index (χ3n) is 2.70. The zero-order valence-corrected chi connectivity index (χ0v) is 10.8. The van der Waals surface area contributed by atoms with E-state index in [4.69, 9.17) is 0 Å². The topological polar surface area (TPSA) is 0 Å². The fraction of sp³-hybridized carbons (Fsp3) is 0.500. The molecule has 0 spiro atoms. The molecular formula is C12H14BrF3. The minimum absolute atomic E-state index is 0.250. The van der Waals surface area contributed by atoms with Gasteiger partial charge in [-0.25, -0.2) is 0 Å². The fourth-order valence-corrected chi connectivity index (χ4v) is 1.72. The summed E-state index contributed by atoms with van der Waals surface area (Å²) in [6.45, 7) is 4.12. The highest BCUT2D eigenvalue weighted by molar-refractivity contribution is 9.09. The molecule has 1 rings (SSSR count). The Morgan fingerprint density at radius 3 is 1.94 bits per heavy atom. The van der Waals surface area contributed by atoms with Crippen LogP contribution >= 0.6 is 15.9 Å². The lowest BCUT2D eigenvalue weighted by Crippen LogP contribution is -2.15. The molecule has 1 aromatic rings. The lowest BCUT2D eigenvalue weighted by atomic mass is 9.97. The van der Waals surface area contributed by atoms with E-state index in [0.29, 0.717) is 5.92 Å². The molecule has 0 aliphatic rings. The monoisotopic (exact) mass is 294 g/mol. The molecule has 1 aromatic carbocycles.